The van der Waals surface area contributed by atoms with Crippen LogP contribution in [-0.2, 0) is 0 Å². The molecule has 0 unspecified atom stereocenters. The van der Waals surface area contributed by atoms with Crippen molar-refractivity contribution in [3.8, 4) is 0 Å². The van der Waals surface area contributed by atoms with Crippen molar-refractivity contribution in [1.82, 2.24) is 0 Å². The monoisotopic (exact) mass is 371 g/mol. The largest absolute Gasteiger partial charge is 0.320 e. The van der Waals surface area contributed by atoms with Crippen LogP contribution in [0.15, 0.2) is 104 Å². The van der Waals surface area contributed by atoms with Gasteiger partial charge in [0.15, 0.2) is 0 Å². The summed E-state index contributed by atoms with van der Waals surface area (Å²) in [5.74, 6) is 0.861. The number of nitrogens with two attached hydrogens (primary N) is 1. The van der Waals surface area contributed by atoms with Crippen LogP contribution in [0.1, 0.15) is 60.8 Å². The predicted molar refractivity (Wildman–Crippen MR) is 122 cm³/mol. The quantitative estimate of drug-likeness (QED) is 0.481. The Morgan fingerprint density at radius 3 is 1.43 bits per heavy atom. The third-order valence-corrected chi connectivity index (χ3v) is 5.19. The highest BCUT2D eigenvalue weighted by molar-refractivity contribution is 5.30. The first-order valence-electron chi connectivity index (χ1n) is 10.2. The molecule has 0 radical (unpaired) electrons. The van der Waals surface area contributed by atoms with E-state index in [2.05, 4.69) is 67.8 Å². The molecule has 0 heterocycles. The average molecular weight is 372 g/mol. The van der Waals surface area contributed by atoms with Crippen molar-refractivity contribution in [2.24, 2.45) is 5.73 Å². The second-order valence-corrected chi connectivity index (χ2v) is 7.04. The van der Waals surface area contributed by atoms with Crippen LogP contribution in [0.25, 0.3) is 0 Å². The third kappa shape index (κ3) is 6.83. The third-order valence-electron chi connectivity index (χ3n) is 5.19. The van der Waals surface area contributed by atoms with Gasteiger partial charge in [0.1, 0.15) is 0 Å². The van der Waals surface area contributed by atoms with Gasteiger partial charge >= 0.3 is 0 Å². The van der Waals surface area contributed by atoms with Crippen LogP contribution in [0.3, 0.4) is 0 Å². The normalized spacial score (nSPS) is 13.6. The summed E-state index contributed by atoms with van der Waals surface area (Å²) in [6.07, 6.45) is 7.12. The number of benzene rings is 3. The summed E-state index contributed by atoms with van der Waals surface area (Å²) < 4.78 is 0. The Balaban J connectivity index is 0.000000186. The molecule has 0 aromatic heterocycles. The zero-order valence-corrected chi connectivity index (χ0v) is 16.8. The van der Waals surface area contributed by atoms with E-state index in [1.54, 1.807) is 5.56 Å². The van der Waals surface area contributed by atoms with Crippen LogP contribution in [0.2, 0.25) is 0 Å². The summed E-state index contributed by atoms with van der Waals surface area (Å²) in [6, 6.07) is 31.2. The maximum Gasteiger partial charge on any atom is 0.0551 e. The summed E-state index contributed by atoms with van der Waals surface area (Å²) in [4.78, 5) is 0. The number of hydrogen-bond acceptors (Lipinski definition) is 1. The summed E-state index contributed by atoms with van der Waals surface area (Å²) in [6.45, 7) is 6.00. The molecular formula is C27H33N. The Hall–Kier alpha value is -2.64. The minimum atomic E-state index is -0.0163. The molecule has 0 atom stereocenters. The van der Waals surface area contributed by atoms with Crippen molar-refractivity contribution in [2.45, 2.75) is 44.1 Å². The summed E-state index contributed by atoms with van der Waals surface area (Å²) in [7, 11) is 0. The minimum absolute atomic E-state index is 0.0163. The van der Waals surface area contributed by atoms with E-state index in [1.807, 2.05) is 36.4 Å². The minimum Gasteiger partial charge on any atom is -0.320 e. The lowest BCUT2D eigenvalue weighted by molar-refractivity contribution is 0.443. The Morgan fingerprint density at radius 2 is 1.00 bits per heavy atom. The highest BCUT2D eigenvalue weighted by Crippen LogP contribution is 2.32. The van der Waals surface area contributed by atoms with Crippen molar-refractivity contribution in [3.05, 3.63) is 121 Å². The molecule has 0 spiro atoms. The second-order valence-electron chi connectivity index (χ2n) is 7.04. The van der Waals surface area contributed by atoms with E-state index in [4.69, 9.17) is 5.73 Å². The number of hydrogen-bond donors (Lipinski definition) is 1. The molecule has 3 aromatic carbocycles. The molecule has 4 rings (SSSR count). The Bertz CT molecular complexity index is 707. The van der Waals surface area contributed by atoms with Gasteiger partial charge in [-0.3, -0.25) is 0 Å². The molecule has 2 N–H and O–H groups in total. The molecule has 1 aliphatic carbocycles. The molecule has 1 saturated carbocycles. The summed E-state index contributed by atoms with van der Waals surface area (Å²) >= 11 is 0. The fourth-order valence-corrected chi connectivity index (χ4v) is 3.67. The van der Waals surface area contributed by atoms with Crippen molar-refractivity contribution in [1.29, 1.82) is 0 Å². The van der Waals surface area contributed by atoms with Crippen molar-refractivity contribution >= 4 is 0 Å². The van der Waals surface area contributed by atoms with Crippen LogP contribution in [0.4, 0.5) is 0 Å². The van der Waals surface area contributed by atoms with Gasteiger partial charge < -0.3 is 5.73 Å². The molecule has 1 nitrogen and oxygen atoms in total. The molecular weight excluding hydrogens is 338 g/mol. The highest BCUT2D eigenvalue weighted by atomic mass is 14.6. The lowest BCUT2D eigenvalue weighted by Gasteiger charge is -2.21. The number of rotatable bonds is 3. The first-order chi connectivity index (χ1) is 13.8. The molecule has 0 amide bonds. The van der Waals surface area contributed by atoms with Crippen LogP contribution in [0, 0.1) is 0 Å². The zero-order chi connectivity index (χ0) is 20.0. The fourth-order valence-electron chi connectivity index (χ4n) is 3.67. The fraction of sp³-hybridized carbons (Fsp3) is 0.259. The molecule has 1 heteroatoms. The van der Waals surface area contributed by atoms with E-state index < -0.39 is 0 Å². The maximum absolute atomic E-state index is 6.12. The van der Waals surface area contributed by atoms with Crippen LogP contribution in [0.5, 0.6) is 0 Å². The van der Waals surface area contributed by atoms with Gasteiger partial charge in [-0.25, -0.2) is 0 Å². The van der Waals surface area contributed by atoms with Gasteiger partial charge in [0.2, 0.25) is 0 Å². The molecule has 1 aliphatic rings. The van der Waals surface area contributed by atoms with Gasteiger partial charge in [0, 0.05) is 0 Å². The van der Waals surface area contributed by atoms with Crippen LogP contribution < -0.4 is 5.73 Å². The molecule has 0 saturated heterocycles. The van der Waals surface area contributed by atoms with E-state index in [0.29, 0.717) is 0 Å². The SMILES string of the molecule is C=C.NC(c1ccccc1)c1ccccc1.c1ccc(C2CCCCC2)cc1. The van der Waals surface area contributed by atoms with E-state index >= 15 is 0 Å². The molecule has 28 heavy (non-hydrogen) atoms. The standard InChI is InChI=1S/C13H13N.C12H16.C2H4/c14-13(11-7-3-1-4-8-11)12-9-5-2-6-10-12;1-3-7-11(8-4-1)12-9-5-2-6-10-12;1-2/h1-10,13H,14H2;1,3-4,7-8,12H,2,5-6,9-10H2;1-2H2. The van der Waals surface area contributed by atoms with Gasteiger partial charge in [-0.05, 0) is 35.4 Å². The highest BCUT2D eigenvalue weighted by Gasteiger charge is 2.14. The van der Waals surface area contributed by atoms with Gasteiger partial charge in [0.25, 0.3) is 0 Å². The molecule has 3 aromatic rings. The second kappa shape index (κ2) is 12.7. The molecule has 146 valence electrons. The predicted octanol–water partition coefficient (Wildman–Crippen LogP) is 7.27. The van der Waals surface area contributed by atoms with Crippen LogP contribution >= 0.6 is 0 Å². The van der Waals surface area contributed by atoms with E-state index in [1.165, 1.54) is 32.1 Å². The van der Waals surface area contributed by atoms with Gasteiger partial charge in [0.05, 0.1) is 6.04 Å². The van der Waals surface area contributed by atoms with E-state index in [-0.39, 0.29) is 6.04 Å². The first kappa shape index (κ1) is 21.7. The Labute approximate surface area is 170 Å². The van der Waals surface area contributed by atoms with Gasteiger partial charge in [-0.15, -0.1) is 13.2 Å². The Morgan fingerprint density at radius 1 is 0.607 bits per heavy atom. The lowest BCUT2D eigenvalue weighted by atomic mass is 9.84. The van der Waals surface area contributed by atoms with Gasteiger partial charge in [-0.2, -0.15) is 0 Å². The topological polar surface area (TPSA) is 26.0 Å². The lowest BCUT2D eigenvalue weighted by Crippen LogP contribution is -2.11. The Kier molecular flexibility index (Phi) is 9.82. The molecule has 0 bridgehead atoms. The van der Waals surface area contributed by atoms with Crippen LogP contribution in [-0.4, -0.2) is 0 Å². The van der Waals surface area contributed by atoms with Gasteiger partial charge in [-0.1, -0.05) is 110 Å². The first-order valence-corrected chi connectivity index (χ1v) is 10.2. The van der Waals surface area contributed by atoms with Crippen molar-refractivity contribution in [2.75, 3.05) is 0 Å². The molecule has 0 aliphatic heterocycles. The van der Waals surface area contributed by atoms with Crippen molar-refractivity contribution < 1.29 is 0 Å². The maximum atomic E-state index is 6.12. The average Bonchev–Trinajstić information content (AvgIpc) is 2.83. The molecule has 1 fully saturated rings. The van der Waals surface area contributed by atoms with E-state index in [0.717, 1.165) is 17.0 Å². The smallest absolute Gasteiger partial charge is 0.0551 e. The van der Waals surface area contributed by atoms with E-state index in [9.17, 15) is 0 Å². The zero-order valence-electron chi connectivity index (χ0n) is 16.8. The van der Waals surface area contributed by atoms with Crippen molar-refractivity contribution in [3.63, 3.8) is 0 Å². The summed E-state index contributed by atoms with van der Waals surface area (Å²) in [5, 5.41) is 0. The summed E-state index contributed by atoms with van der Waals surface area (Å²) in [5.41, 5.74) is 9.97.